The summed E-state index contributed by atoms with van der Waals surface area (Å²) >= 11 is 0. The highest BCUT2D eigenvalue weighted by atomic mass is 16.5. The van der Waals surface area contributed by atoms with Gasteiger partial charge in [-0.2, -0.15) is 0 Å². The Morgan fingerprint density at radius 2 is 2.33 bits per heavy atom. The predicted molar refractivity (Wildman–Crippen MR) is 56.6 cm³/mol. The summed E-state index contributed by atoms with van der Waals surface area (Å²) < 4.78 is 9.84. The summed E-state index contributed by atoms with van der Waals surface area (Å²) in [6.45, 7) is 4.84. The van der Waals surface area contributed by atoms with E-state index in [1.807, 2.05) is 0 Å². The molecule has 1 rings (SSSR count). The van der Waals surface area contributed by atoms with Crippen molar-refractivity contribution in [3.63, 3.8) is 0 Å². The van der Waals surface area contributed by atoms with Crippen LogP contribution in [0.3, 0.4) is 0 Å². The monoisotopic (exact) mass is 211 g/mol. The van der Waals surface area contributed by atoms with Crippen molar-refractivity contribution >= 4 is 5.97 Å². The second-order valence-corrected chi connectivity index (χ2v) is 3.45. The molecule has 1 heterocycles. The van der Waals surface area contributed by atoms with Gasteiger partial charge in [-0.3, -0.25) is 0 Å². The van der Waals surface area contributed by atoms with Crippen LogP contribution in [0.2, 0.25) is 0 Å². The first-order valence-corrected chi connectivity index (χ1v) is 5.07. The minimum absolute atomic E-state index is 0.249. The number of methoxy groups -OCH3 is 1. The van der Waals surface area contributed by atoms with E-state index in [-0.39, 0.29) is 5.76 Å². The molecule has 0 saturated heterocycles. The molecular weight excluding hydrogens is 194 g/mol. The highest BCUT2D eigenvalue weighted by Crippen LogP contribution is 2.09. The lowest BCUT2D eigenvalue weighted by atomic mass is 10.2. The van der Waals surface area contributed by atoms with Gasteiger partial charge in [-0.25, -0.2) is 4.79 Å². The zero-order chi connectivity index (χ0) is 11.3. The van der Waals surface area contributed by atoms with Crippen LogP contribution >= 0.6 is 0 Å². The standard InChI is InChI=1S/C11H17NO3/c1-4-8(2)12-7-9-5-6-10(15-9)11(13)14-3/h5-6,8,12H,4,7H2,1-3H3/t8-/m0/s1. The lowest BCUT2D eigenvalue weighted by Crippen LogP contribution is -2.24. The molecule has 0 radical (unpaired) electrons. The number of hydrogen-bond acceptors (Lipinski definition) is 4. The second-order valence-electron chi connectivity index (χ2n) is 3.45. The summed E-state index contributed by atoms with van der Waals surface area (Å²) in [7, 11) is 1.34. The Bertz CT molecular complexity index is 319. The lowest BCUT2D eigenvalue weighted by Gasteiger charge is -2.08. The van der Waals surface area contributed by atoms with E-state index >= 15 is 0 Å². The van der Waals surface area contributed by atoms with Gasteiger partial charge >= 0.3 is 5.97 Å². The molecule has 0 unspecified atom stereocenters. The number of esters is 1. The van der Waals surface area contributed by atoms with Gasteiger partial charge in [0, 0.05) is 6.04 Å². The van der Waals surface area contributed by atoms with E-state index < -0.39 is 5.97 Å². The molecule has 0 amide bonds. The zero-order valence-electron chi connectivity index (χ0n) is 9.37. The molecule has 0 aliphatic rings. The Morgan fingerprint density at radius 3 is 2.93 bits per heavy atom. The fraction of sp³-hybridized carbons (Fsp3) is 0.545. The fourth-order valence-electron chi connectivity index (χ4n) is 1.10. The molecule has 0 fully saturated rings. The van der Waals surface area contributed by atoms with Crippen molar-refractivity contribution in [2.45, 2.75) is 32.9 Å². The number of carbonyl (C=O) groups excluding carboxylic acids is 1. The van der Waals surface area contributed by atoms with Crippen LogP contribution in [0, 0.1) is 0 Å². The molecule has 0 bridgehead atoms. The summed E-state index contributed by atoms with van der Waals surface area (Å²) in [4.78, 5) is 11.1. The van der Waals surface area contributed by atoms with Crippen LogP contribution in [-0.4, -0.2) is 19.1 Å². The third-order valence-corrected chi connectivity index (χ3v) is 2.29. The molecule has 0 saturated carbocycles. The first kappa shape index (κ1) is 11.8. The van der Waals surface area contributed by atoms with Crippen LogP contribution in [0.5, 0.6) is 0 Å². The number of hydrogen-bond donors (Lipinski definition) is 1. The van der Waals surface area contributed by atoms with E-state index in [9.17, 15) is 4.79 Å². The van der Waals surface area contributed by atoms with Crippen molar-refractivity contribution in [1.29, 1.82) is 0 Å². The zero-order valence-corrected chi connectivity index (χ0v) is 9.37. The highest BCUT2D eigenvalue weighted by Gasteiger charge is 2.10. The molecule has 1 aromatic heterocycles. The molecule has 0 aromatic carbocycles. The summed E-state index contributed by atoms with van der Waals surface area (Å²) in [5.74, 6) is 0.555. The van der Waals surface area contributed by atoms with Gasteiger partial charge in [0.15, 0.2) is 0 Å². The Balaban J connectivity index is 2.49. The summed E-state index contributed by atoms with van der Waals surface area (Å²) in [6.07, 6.45) is 1.06. The molecule has 0 aliphatic carbocycles. The normalized spacial score (nSPS) is 12.5. The average molecular weight is 211 g/mol. The molecule has 1 N–H and O–H groups in total. The summed E-state index contributed by atoms with van der Waals surface area (Å²) in [6, 6.07) is 3.85. The first-order chi connectivity index (χ1) is 7.17. The number of ether oxygens (including phenoxy) is 1. The average Bonchev–Trinajstić information content (AvgIpc) is 2.73. The van der Waals surface area contributed by atoms with Crippen LogP contribution in [0.4, 0.5) is 0 Å². The number of rotatable bonds is 5. The van der Waals surface area contributed by atoms with Crippen LogP contribution in [-0.2, 0) is 11.3 Å². The van der Waals surface area contributed by atoms with Crippen LogP contribution in [0.1, 0.15) is 36.6 Å². The van der Waals surface area contributed by atoms with Crippen molar-refractivity contribution in [1.82, 2.24) is 5.32 Å². The van der Waals surface area contributed by atoms with Crippen molar-refractivity contribution in [2.24, 2.45) is 0 Å². The lowest BCUT2D eigenvalue weighted by molar-refractivity contribution is 0.0563. The molecular formula is C11H17NO3. The smallest absolute Gasteiger partial charge is 0.373 e. The SMILES string of the molecule is CC[C@H](C)NCc1ccc(C(=O)OC)o1. The van der Waals surface area contributed by atoms with Crippen molar-refractivity contribution < 1.29 is 13.9 Å². The van der Waals surface area contributed by atoms with Gasteiger partial charge in [-0.15, -0.1) is 0 Å². The maximum atomic E-state index is 11.1. The van der Waals surface area contributed by atoms with Crippen molar-refractivity contribution in [2.75, 3.05) is 7.11 Å². The van der Waals surface area contributed by atoms with Crippen LogP contribution in [0.15, 0.2) is 16.5 Å². The molecule has 15 heavy (non-hydrogen) atoms. The number of carbonyl (C=O) groups is 1. The third kappa shape index (κ3) is 3.40. The first-order valence-electron chi connectivity index (χ1n) is 5.07. The van der Waals surface area contributed by atoms with E-state index in [0.29, 0.717) is 12.6 Å². The van der Waals surface area contributed by atoms with Gasteiger partial charge in [-0.1, -0.05) is 6.92 Å². The van der Waals surface area contributed by atoms with E-state index in [4.69, 9.17) is 4.42 Å². The maximum Gasteiger partial charge on any atom is 0.373 e. The van der Waals surface area contributed by atoms with Crippen LogP contribution in [0.25, 0.3) is 0 Å². The minimum Gasteiger partial charge on any atom is -0.463 e. The van der Waals surface area contributed by atoms with Crippen molar-refractivity contribution in [3.05, 3.63) is 23.7 Å². The fourth-order valence-corrected chi connectivity index (χ4v) is 1.10. The Hall–Kier alpha value is -1.29. The van der Waals surface area contributed by atoms with Crippen molar-refractivity contribution in [3.8, 4) is 0 Å². The number of nitrogens with one attached hydrogen (secondary N) is 1. The highest BCUT2D eigenvalue weighted by molar-refractivity contribution is 5.86. The molecule has 84 valence electrons. The quantitative estimate of drug-likeness (QED) is 0.756. The maximum absolute atomic E-state index is 11.1. The molecule has 1 atom stereocenters. The Kier molecular flexibility index (Phi) is 4.37. The molecule has 0 spiro atoms. The van der Waals surface area contributed by atoms with Gasteiger partial charge in [0.25, 0.3) is 0 Å². The van der Waals surface area contributed by atoms with Gasteiger partial charge in [0.1, 0.15) is 5.76 Å². The molecule has 4 nitrogen and oxygen atoms in total. The third-order valence-electron chi connectivity index (χ3n) is 2.29. The summed E-state index contributed by atoms with van der Waals surface area (Å²) in [5, 5.41) is 3.27. The predicted octanol–water partition coefficient (Wildman–Crippen LogP) is 1.95. The van der Waals surface area contributed by atoms with Gasteiger partial charge < -0.3 is 14.5 Å². The van der Waals surface area contributed by atoms with Gasteiger partial charge in [0.2, 0.25) is 5.76 Å². The Morgan fingerprint density at radius 1 is 1.60 bits per heavy atom. The topological polar surface area (TPSA) is 51.5 Å². The Labute approximate surface area is 89.6 Å². The van der Waals surface area contributed by atoms with E-state index in [1.54, 1.807) is 12.1 Å². The minimum atomic E-state index is -0.440. The van der Waals surface area contributed by atoms with Crippen LogP contribution < -0.4 is 5.32 Å². The second kappa shape index (κ2) is 5.56. The van der Waals surface area contributed by atoms with E-state index in [0.717, 1.165) is 12.2 Å². The van der Waals surface area contributed by atoms with E-state index in [2.05, 4.69) is 23.9 Å². The van der Waals surface area contributed by atoms with Gasteiger partial charge in [-0.05, 0) is 25.5 Å². The van der Waals surface area contributed by atoms with Gasteiger partial charge in [0.05, 0.1) is 13.7 Å². The number of furan rings is 1. The summed E-state index contributed by atoms with van der Waals surface area (Å²) in [5.41, 5.74) is 0. The molecule has 0 aliphatic heterocycles. The largest absolute Gasteiger partial charge is 0.463 e. The molecule has 1 aromatic rings. The van der Waals surface area contributed by atoms with E-state index in [1.165, 1.54) is 7.11 Å². The molecule has 4 heteroatoms.